The number of pyridine rings is 2. The average molecular weight is 516 g/mol. The van der Waals surface area contributed by atoms with E-state index in [0.29, 0.717) is 32.0 Å². The summed E-state index contributed by atoms with van der Waals surface area (Å²) in [5.74, 6) is 1.36. The molecule has 0 saturated carbocycles. The van der Waals surface area contributed by atoms with Gasteiger partial charge in [-0.1, -0.05) is 0 Å². The van der Waals surface area contributed by atoms with E-state index in [1.54, 1.807) is 6.20 Å². The predicted molar refractivity (Wildman–Crippen MR) is 144 cm³/mol. The highest BCUT2D eigenvalue weighted by Crippen LogP contribution is 2.27. The molecule has 0 radical (unpaired) electrons. The van der Waals surface area contributed by atoms with Gasteiger partial charge in [0.25, 0.3) is 0 Å². The number of carbonyl (C=O) groups is 1. The Morgan fingerprint density at radius 3 is 2.47 bits per heavy atom. The van der Waals surface area contributed by atoms with E-state index in [1.807, 2.05) is 36.8 Å². The van der Waals surface area contributed by atoms with Crippen molar-refractivity contribution in [2.75, 3.05) is 56.0 Å². The summed E-state index contributed by atoms with van der Waals surface area (Å²) in [5, 5.41) is 16.8. The molecule has 198 valence electrons. The summed E-state index contributed by atoms with van der Waals surface area (Å²) in [6.45, 7) is 5.68. The van der Waals surface area contributed by atoms with Crippen molar-refractivity contribution in [1.82, 2.24) is 35.1 Å². The van der Waals surface area contributed by atoms with Crippen LogP contribution in [0.4, 0.5) is 17.5 Å². The first-order valence-electron chi connectivity index (χ1n) is 13.3. The molecular weight excluding hydrogens is 482 g/mol. The minimum atomic E-state index is -0.434. The molecule has 8 bridgehead atoms. The van der Waals surface area contributed by atoms with Crippen LogP contribution < -0.4 is 15.5 Å². The van der Waals surface area contributed by atoms with Gasteiger partial charge in [-0.15, -0.1) is 0 Å². The molecule has 2 saturated heterocycles. The third-order valence-corrected chi connectivity index (χ3v) is 7.49. The van der Waals surface area contributed by atoms with Crippen molar-refractivity contribution >= 4 is 23.4 Å². The average Bonchev–Trinajstić information content (AvgIpc) is 3.30. The maximum Gasteiger partial charge on any atom is 0.234 e. The molecule has 3 N–H and O–H groups in total. The second-order valence-corrected chi connectivity index (χ2v) is 10.2. The number of hydrogen-bond acceptors (Lipinski definition) is 10. The van der Waals surface area contributed by atoms with Crippen LogP contribution in [0, 0.1) is 0 Å². The smallest absolute Gasteiger partial charge is 0.234 e. The second kappa shape index (κ2) is 11.0. The first-order valence-corrected chi connectivity index (χ1v) is 13.3. The van der Waals surface area contributed by atoms with E-state index in [0.717, 1.165) is 67.5 Å². The Kier molecular flexibility index (Phi) is 7.12. The number of rotatable bonds is 0. The van der Waals surface area contributed by atoms with E-state index < -0.39 is 6.10 Å². The first kappa shape index (κ1) is 24.7. The Balaban J connectivity index is 1.27. The van der Waals surface area contributed by atoms with Gasteiger partial charge in [0.1, 0.15) is 5.82 Å². The fourth-order valence-electron chi connectivity index (χ4n) is 5.47. The van der Waals surface area contributed by atoms with Gasteiger partial charge < -0.3 is 20.6 Å². The minimum absolute atomic E-state index is 0.0401. The lowest BCUT2D eigenvalue weighted by Gasteiger charge is -2.34. The highest BCUT2D eigenvalue weighted by molar-refractivity contribution is 5.78. The Hall–Kier alpha value is -3.67. The molecule has 2 unspecified atom stereocenters. The number of aliphatic hydroxyl groups excluding tert-OH is 1. The van der Waals surface area contributed by atoms with Crippen LogP contribution in [0.2, 0.25) is 0 Å². The van der Waals surface area contributed by atoms with Crippen molar-refractivity contribution < 1.29 is 9.90 Å². The number of carbonyl (C=O) groups excluding carboxylic acids is 1. The van der Waals surface area contributed by atoms with Crippen molar-refractivity contribution in [3.05, 3.63) is 54.7 Å². The third-order valence-electron chi connectivity index (χ3n) is 7.49. The molecular formula is C27H33N9O2. The van der Waals surface area contributed by atoms with Crippen molar-refractivity contribution in [2.45, 2.75) is 31.5 Å². The molecule has 11 heteroatoms. The molecule has 1 amide bonds. The van der Waals surface area contributed by atoms with Crippen LogP contribution in [-0.4, -0.2) is 98.7 Å². The Labute approximate surface area is 221 Å². The van der Waals surface area contributed by atoms with Crippen molar-refractivity contribution in [3.8, 4) is 11.1 Å². The van der Waals surface area contributed by atoms with Crippen LogP contribution in [0.1, 0.15) is 18.5 Å². The lowest BCUT2D eigenvalue weighted by Crippen LogP contribution is -2.49. The maximum absolute atomic E-state index is 12.6. The second-order valence-electron chi connectivity index (χ2n) is 10.2. The summed E-state index contributed by atoms with van der Waals surface area (Å²) >= 11 is 0. The zero-order valence-electron chi connectivity index (χ0n) is 21.3. The number of aliphatic hydroxyl groups is 1. The van der Waals surface area contributed by atoms with Gasteiger partial charge in [0.15, 0.2) is 0 Å². The molecule has 0 spiro atoms. The monoisotopic (exact) mass is 515 g/mol. The molecule has 2 atom stereocenters. The normalized spacial score (nSPS) is 25.9. The molecule has 3 aromatic heterocycles. The molecule has 11 nitrogen and oxygen atoms in total. The van der Waals surface area contributed by atoms with Crippen LogP contribution in [-0.2, 0) is 11.3 Å². The lowest BCUT2D eigenvalue weighted by molar-refractivity contribution is -0.122. The van der Waals surface area contributed by atoms with Crippen LogP contribution in [0.15, 0.2) is 49.1 Å². The maximum atomic E-state index is 12.6. The highest BCUT2D eigenvalue weighted by atomic mass is 16.3. The largest absolute Gasteiger partial charge is 0.391 e. The van der Waals surface area contributed by atoms with Gasteiger partial charge in [-0.05, 0) is 42.7 Å². The standard InChI is InChI=1S/C27H33N9O2/c37-24-13-23-3-6-30-26(38)18-35-9-7-34(8-10-35)16-22-12-21(2-5-28-22)33-25-11-19(1-4-29-25)20-14-31-27(32-15-20)36(23)17-24/h1-2,4-5,11-12,14-15,23-24,37H,3,6-10,13,16-18H2,(H,29,33)(H,30,38). The van der Waals surface area contributed by atoms with E-state index in [9.17, 15) is 9.90 Å². The summed E-state index contributed by atoms with van der Waals surface area (Å²) in [4.78, 5) is 37.6. The van der Waals surface area contributed by atoms with Crippen LogP contribution in [0.25, 0.3) is 11.1 Å². The number of nitrogens with zero attached hydrogens (tertiary/aromatic N) is 7. The highest BCUT2D eigenvalue weighted by Gasteiger charge is 2.32. The van der Waals surface area contributed by atoms with Gasteiger partial charge in [-0.2, -0.15) is 0 Å². The number of piperazine rings is 1. The fraction of sp³-hybridized carbons (Fsp3) is 0.444. The summed E-state index contributed by atoms with van der Waals surface area (Å²) < 4.78 is 0. The molecule has 9 rings (SSSR count). The van der Waals surface area contributed by atoms with E-state index in [-0.39, 0.29) is 11.9 Å². The zero-order chi connectivity index (χ0) is 25.9. The Morgan fingerprint density at radius 2 is 1.66 bits per heavy atom. The van der Waals surface area contributed by atoms with Gasteiger partial charge >= 0.3 is 0 Å². The van der Waals surface area contributed by atoms with Crippen molar-refractivity contribution in [2.24, 2.45) is 0 Å². The van der Waals surface area contributed by atoms with E-state index in [1.165, 1.54) is 0 Å². The van der Waals surface area contributed by atoms with E-state index in [2.05, 4.69) is 51.3 Å². The van der Waals surface area contributed by atoms with Crippen molar-refractivity contribution in [1.29, 1.82) is 0 Å². The molecule has 38 heavy (non-hydrogen) atoms. The predicted octanol–water partition coefficient (Wildman–Crippen LogP) is 1.25. The molecule has 0 aliphatic carbocycles. The van der Waals surface area contributed by atoms with Crippen molar-refractivity contribution in [3.63, 3.8) is 0 Å². The number of hydrogen-bond donors (Lipinski definition) is 3. The topological polar surface area (TPSA) is 123 Å². The number of amides is 1. The lowest BCUT2D eigenvalue weighted by atomic mass is 10.1. The fourth-order valence-corrected chi connectivity index (χ4v) is 5.47. The first-order chi connectivity index (χ1) is 18.6. The number of anilines is 3. The summed E-state index contributed by atoms with van der Waals surface area (Å²) in [5.41, 5.74) is 3.76. The molecule has 0 aromatic carbocycles. The minimum Gasteiger partial charge on any atom is -0.391 e. The summed E-state index contributed by atoms with van der Waals surface area (Å²) in [6.07, 6.45) is 8.14. The van der Waals surface area contributed by atoms with Gasteiger partial charge in [0.2, 0.25) is 11.9 Å². The SMILES string of the molecule is O=C1CN2CCN(CC2)Cc2cc(ccn2)Nc2cc(ccn2)-c2cnc(nc2)N2CC(O)CC2CCN1. The third kappa shape index (κ3) is 5.74. The quantitative estimate of drug-likeness (QED) is 0.403. The van der Waals surface area contributed by atoms with E-state index in [4.69, 9.17) is 0 Å². The Morgan fingerprint density at radius 1 is 0.895 bits per heavy atom. The summed E-state index contributed by atoms with van der Waals surface area (Å²) in [6, 6.07) is 7.99. The van der Waals surface area contributed by atoms with Gasteiger partial charge in [-0.3, -0.25) is 19.6 Å². The molecule has 9 heterocycles. The summed E-state index contributed by atoms with van der Waals surface area (Å²) in [7, 11) is 0. The van der Waals surface area contributed by atoms with E-state index >= 15 is 0 Å². The van der Waals surface area contributed by atoms with Crippen LogP contribution in [0.5, 0.6) is 0 Å². The zero-order valence-corrected chi connectivity index (χ0v) is 21.3. The Bertz CT molecular complexity index is 1260. The van der Waals surface area contributed by atoms with Gasteiger partial charge in [0.05, 0.1) is 18.3 Å². The number of aromatic nitrogens is 4. The number of nitrogens with one attached hydrogen (secondary N) is 2. The van der Waals surface area contributed by atoms with Gasteiger partial charge in [-0.25, -0.2) is 15.0 Å². The van der Waals surface area contributed by atoms with Gasteiger partial charge in [0, 0.05) is 87.9 Å². The van der Waals surface area contributed by atoms with Crippen LogP contribution in [0.3, 0.4) is 0 Å². The molecule has 2 fully saturated rings. The van der Waals surface area contributed by atoms with Crippen LogP contribution >= 0.6 is 0 Å². The molecule has 6 aliphatic heterocycles. The molecule has 6 aliphatic rings. The molecule has 3 aromatic rings.